The van der Waals surface area contributed by atoms with Crippen molar-refractivity contribution < 1.29 is 4.43 Å². The SMILES string of the molecule is C[C@@]12C=CCC1C1CC[C@@H]3C[C@H](O[Si](C)(C)C)CC[C@]3(C)C1CC2. The lowest BCUT2D eigenvalue weighted by atomic mass is 9.45. The Morgan fingerprint density at radius 1 is 0.958 bits per heavy atom. The maximum absolute atomic E-state index is 6.52. The summed E-state index contributed by atoms with van der Waals surface area (Å²) < 4.78 is 6.52. The Hall–Kier alpha value is -0.0831. The fourth-order valence-corrected chi connectivity index (χ4v) is 8.52. The highest BCUT2D eigenvalue weighted by molar-refractivity contribution is 6.69. The second-order valence-electron chi connectivity index (χ2n) is 11.0. The molecule has 3 fully saturated rings. The molecule has 7 atom stereocenters. The quantitative estimate of drug-likeness (QED) is 0.414. The first-order chi connectivity index (χ1) is 11.2. The molecule has 0 bridgehead atoms. The Morgan fingerprint density at radius 2 is 1.75 bits per heavy atom. The van der Waals surface area contributed by atoms with Crippen LogP contribution in [0.3, 0.4) is 0 Å². The molecule has 0 aromatic carbocycles. The van der Waals surface area contributed by atoms with E-state index in [2.05, 4.69) is 45.6 Å². The zero-order valence-corrected chi connectivity index (χ0v) is 17.6. The van der Waals surface area contributed by atoms with Crippen LogP contribution in [0.4, 0.5) is 0 Å². The molecular weight excluding hydrogens is 308 g/mol. The normalized spacial score (nSPS) is 51.0. The maximum atomic E-state index is 6.52. The Bertz CT molecular complexity index is 521. The molecule has 0 spiro atoms. The Morgan fingerprint density at radius 3 is 2.50 bits per heavy atom. The summed E-state index contributed by atoms with van der Waals surface area (Å²) in [5, 5.41) is 0. The van der Waals surface area contributed by atoms with Crippen LogP contribution in [0.1, 0.15) is 65.2 Å². The van der Waals surface area contributed by atoms with Gasteiger partial charge in [-0.2, -0.15) is 0 Å². The fourth-order valence-electron chi connectivity index (χ4n) is 7.31. The summed E-state index contributed by atoms with van der Waals surface area (Å²) in [5.41, 5.74) is 1.13. The first-order valence-electron chi connectivity index (χ1n) is 10.6. The molecule has 0 amide bonds. The van der Waals surface area contributed by atoms with Crippen LogP contribution in [0, 0.1) is 34.5 Å². The minimum absolute atomic E-state index is 0.530. The van der Waals surface area contributed by atoms with E-state index in [1.165, 1.54) is 51.4 Å². The van der Waals surface area contributed by atoms with Crippen molar-refractivity contribution in [3.05, 3.63) is 12.2 Å². The van der Waals surface area contributed by atoms with Gasteiger partial charge in [0.2, 0.25) is 0 Å². The summed E-state index contributed by atoms with van der Waals surface area (Å²) in [6, 6.07) is 0. The summed E-state index contributed by atoms with van der Waals surface area (Å²) >= 11 is 0. The van der Waals surface area contributed by atoms with Crippen LogP contribution in [-0.2, 0) is 4.43 Å². The van der Waals surface area contributed by atoms with E-state index in [-0.39, 0.29) is 0 Å². The lowest BCUT2D eigenvalue weighted by molar-refractivity contribution is -0.114. The third-order valence-electron chi connectivity index (χ3n) is 8.46. The van der Waals surface area contributed by atoms with Crippen LogP contribution in [0.15, 0.2) is 12.2 Å². The van der Waals surface area contributed by atoms with Gasteiger partial charge < -0.3 is 4.43 Å². The molecular formula is C22H38OSi. The first-order valence-corrected chi connectivity index (χ1v) is 14.0. The van der Waals surface area contributed by atoms with Crippen LogP contribution < -0.4 is 0 Å². The van der Waals surface area contributed by atoms with E-state index in [1.807, 2.05) is 0 Å². The predicted molar refractivity (Wildman–Crippen MR) is 104 cm³/mol. The van der Waals surface area contributed by atoms with Gasteiger partial charge in [-0.15, -0.1) is 0 Å². The average Bonchev–Trinajstić information content (AvgIpc) is 2.88. The number of hydrogen-bond donors (Lipinski definition) is 0. The first kappa shape index (κ1) is 17.3. The summed E-state index contributed by atoms with van der Waals surface area (Å²) in [7, 11) is -1.40. The van der Waals surface area contributed by atoms with Gasteiger partial charge in [0, 0.05) is 6.10 Å². The second-order valence-corrected chi connectivity index (χ2v) is 15.4. The predicted octanol–water partition coefficient (Wildman–Crippen LogP) is 6.42. The highest BCUT2D eigenvalue weighted by atomic mass is 28.4. The summed E-state index contributed by atoms with van der Waals surface area (Å²) in [5.74, 6) is 3.86. The third kappa shape index (κ3) is 2.76. The number of rotatable bonds is 2. The van der Waals surface area contributed by atoms with E-state index in [0.29, 0.717) is 16.9 Å². The van der Waals surface area contributed by atoms with Gasteiger partial charge in [0.1, 0.15) is 0 Å². The standard InChI is InChI=1S/C22H38OSi/c1-21-12-6-7-19(21)18-9-8-16-15-17(23-24(3,4)5)10-14-22(16,2)20(18)11-13-21/h6,12,16-20H,7-11,13-15H2,1-5H3/t16-,17-,18?,19?,20?,21+,22+/m1/s1. The van der Waals surface area contributed by atoms with Crippen molar-refractivity contribution in [2.75, 3.05) is 0 Å². The molecule has 4 rings (SSSR count). The number of hydrogen-bond acceptors (Lipinski definition) is 1. The zero-order chi connectivity index (χ0) is 17.2. The highest BCUT2D eigenvalue weighted by Crippen LogP contribution is 2.65. The van der Waals surface area contributed by atoms with Crippen LogP contribution in [-0.4, -0.2) is 14.4 Å². The zero-order valence-electron chi connectivity index (χ0n) is 16.6. The summed E-state index contributed by atoms with van der Waals surface area (Å²) in [6.45, 7) is 12.3. The van der Waals surface area contributed by atoms with Crippen molar-refractivity contribution in [1.29, 1.82) is 0 Å². The van der Waals surface area contributed by atoms with E-state index in [0.717, 1.165) is 23.7 Å². The van der Waals surface area contributed by atoms with Crippen molar-refractivity contribution in [3.63, 3.8) is 0 Å². The third-order valence-corrected chi connectivity index (χ3v) is 9.50. The summed E-state index contributed by atoms with van der Waals surface area (Å²) in [4.78, 5) is 0. The highest BCUT2D eigenvalue weighted by Gasteiger charge is 2.57. The molecule has 4 aliphatic rings. The van der Waals surface area contributed by atoms with E-state index >= 15 is 0 Å². The lowest BCUT2D eigenvalue weighted by Gasteiger charge is -2.60. The molecule has 4 aliphatic carbocycles. The van der Waals surface area contributed by atoms with Gasteiger partial charge in [-0.3, -0.25) is 0 Å². The van der Waals surface area contributed by atoms with Gasteiger partial charge in [0.25, 0.3) is 0 Å². The van der Waals surface area contributed by atoms with Crippen LogP contribution in [0.25, 0.3) is 0 Å². The molecule has 0 aromatic rings. The van der Waals surface area contributed by atoms with Gasteiger partial charge in [-0.25, -0.2) is 0 Å². The molecule has 136 valence electrons. The lowest BCUT2D eigenvalue weighted by Crippen LogP contribution is -2.54. The largest absolute Gasteiger partial charge is 0.415 e. The molecule has 0 radical (unpaired) electrons. The molecule has 3 unspecified atom stereocenters. The molecule has 24 heavy (non-hydrogen) atoms. The minimum atomic E-state index is -1.40. The van der Waals surface area contributed by atoms with Crippen LogP contribution in [0.5, 0.6) is 0 Å². The average molecular weight is 347 g/mol. The summed E-state index contributed by atoms with van der Waals surface area (Å²) in [6.07, 6.45) is 17.0. The number of fused-ring (bicyclic) bond motifs is 5. The van der Waals surface area contributed by atoms with Gasteiger partial charge >= 0.3 is 0 Å². The monoisotopic (exact) mass is 346 g/mol. The Kier molecular flexibility index (Phi) is 4.12. The molecule has 0 saturated heterocycles. The molecule has 0 aromatic heterocycles. The molecule has 2 heteroatoms. The van der Waals surface area contributed by atoms with Gasteiger partial charge in [0.05, 0.1) is 0 Å². The molecule has 0 N–H and O–H groups in total. The van der Waals surface area contributed by atoms with Crippen molar-refractivity contribution >= 4 is 8.32 Å². The van der Waals surface area contributed by atoms with Crippen LogP contribution >= 0.6 is 0 Å². The van der Waals surface area contributed by atoms with Crippen molar-refractivity contribution in [2.45, 2.75) is 91.0 Å². The van der Waals surface area contributed by atoms with Crippen molar-refractivity contribution in [1.82, 2.24) is 0 Å². The molecule has 0 aliphatic heterocycles. The number of allylic oxidation sites excluding steroid dienone is 2. The van der Waals surface area contributed by atoms with Crippen molar-refractivity contribution in [3.8, 4) is 0 Å². The molecule has 1 nitrogen and oxygen atoms in total. The van der Waals surface area contributed by atoms with E-state index in [9.17, 15) is 0 Å². The van der Waals surface area contributed by atoms with E-state index in [1.54, 1.807) is 0 Å². The topological polar surface area (TPSA) is 9.23 Å². The minimum Gasteiger partial charge on any atom is -0.415 e. The second kappa shape index (κ2) is 5.71. The van der Waals surface area contributed by atoms with E-state index in [4.69, 9.17) is 4.43 Å². The van der Waals surface area contributed by atoms with Crippen LogP contribution in [0.2, 0.25) is 19.6 Å². The molecule has 3 saturated carbocycles. The van der Waals surface area contributed by atoms with E-state index < -0.39 is 8.32 Å². The smallest absolute Gasteiger partial charge is 0.184 e. The maximum Gasteiger partial charge on any atom is 0.184 e. The Labute approximate surface area is 150 Å². The fraction of sp³-hybridized carbons (Fsp3) is 0.909. The van der Waals surface area contributed by atoms with Gasteiger partial charge in [0.15, 0.2) is 8.32 Å². The van der Waals surface area contributed by atoms with Gasteiger partial charge in [-0.05, 0) is 106 Å². The molecule has 0 heterocycles. The van der Waals surface area contributed by atoms with Gasteiger partial charge in [-0.1, -0.05) is 26.0 Å². The van der Waals surface area contributed by atoms with Crippen molar-refractivity contribution in [2.24, 2.45) is 34.5 Å². The Balaban J connectivity index is 1.51.